The summed E-state index contributed by atoms with van der Waals surface area (Å²) in [6, 6.07) is 11.8. The van der Waals surface area contributed by atoms with Crippen LogP contribution < -0.4 is 0 Å². The monoisotopic (exact) mass is 554 g/mol. The minimum Gasteiger partial charge on any atom is -0.342 e. The zero-order valence-electron chi connectivity index (χ0n) is 23.3. The second kappa shape index (κ2) is 10.7. The molecule has 2 saturated heterocycles. The Kier molecular flexibility index (Phi) is 7.59. The van der Waals surface area contributed by atoms with Crippen molar-refractivity contribution < 1.29 is 13.6 Å². The molecule has 0 spiro atoms. The quantitative estimate of drug-likeness (QED) is 0.363. The van der Waals surface area contributed by atoms with Crippen molar-refractivity contribution in [3.8, 4) is 5.69 Å². The Morgan fingerprint density at radius 2 is 1.72 bits per heavy atom. The van der Waals surface area contributed by atoms with Crippen LogP contribution in [0.1, 0.15) is 68.0 Å². The maximum absolute atomic E-state index is 14.9. The van der Waals surface area contributed by atoms with Gasteiger partial charge in [0.2, 0.25) is 5.91 Å². The molecule has 2 aliphatic rings. The molecule has 2 fully saturated rings. The number of likely N-dealkylation sites (tertiary alicyclic amines) is 2. The van der Waals surface area contributed by atoms with Gasteiger partial charge in [0.1, 0.15) is 11.6 Å². The Morgan fingerprint density at radius 1 is 1.00 bits per heavy atom. The molecule has 5 rings (SSSR count). The van der Waals surface area contributed by atoms with Crippen LogP contribution in [0.3, 0.4) is 0 Å². The van der Waals surface area contributed by atoms with Crippen LogP contribution in [0.2, 0.25) is 5.02 Å². The topological polar surface area (TPSA) is 41.4 Å². The predicted molar refractivity (Wildman–Crippen MR) is 151 cm³/mol. The van der Waals surface area contributed by atoms with Crippen LogP contribution in [-0.4, -0.2) is 57.2 Å². The number of amides is 1. The molecular formula is C31H37ClF2N4O. The van der Waals surface area contributed by atoms with E-state index in [1.54, 1.807) is 0 Å². The van der Waals surface area contributed by atoms with E-state index in [1.807, 2.05) is 41.6 Å². The highest BCUT2D eigenvalue weighted by Crippen LogP contribution is 2.40. The average Bonchev–Trinajstić information content (AvgIpc) is 3.50. The summed E-state index contributed by atoms with van der Waals surface area (Å²) in [5, 5.41) is 5.45. The molecule has 0 saturated carbocycles. The Hall–Kier alpha value is -2.77. The van der Waals surface area contributed by atoms with E-state index in [2.05, 4.69) is 31.7 Å². The summed E-state index contributed by atoms with van der Waals surface area (Å²) in [7, 11) is 0. The number of hydrogen-bond acceptors (Lipinski definition) is 3. The van der Waals surface area contributed by atoms with E-state index in [4.69, 9.17) is 16.7 Å². The maximum atomic E-state index is 14.9. The van der Waals surface area contributed by atoms with Crippen LogP contribution in [-0.2, 0) is 4.79 Å². The fourth-order valence-electron chi connectivity index (χ4n) is 6.08. The highest BCUT2D eigenvalue weighted by molar-refractivity contribution is 6.31. The van der Waals surface area contributed by atoms with Crippen LogP contribution in [0.15, 0.2) is 42.5 Å². The van der Waals surface area contributed by atoms with E-state index in [0.717, 1.165) is 41.5 Å². The van der Waals surface area contributed by atoms with Gasteiger partial charge < -0.3 is 4.90 Å². The molecule has 0 bridgehead atoms. The molecule has 0 aliphatic carbocycles. The Bertz CT molecular complexity index is 1370. The predicted octanol–water partition coefficient (Wildman–Crippen LogP) is 6.64. The van der Waals surface area contributed by atoms with Crippen molar-refractivity contribution >= 4 is 17.5 Å². The number of carbonyl (C=O) groups excluding carboxylic acids is 1. The molecule has 2 atom stereocenters. The fraction of sp³-hybridized carbons (Fsp3) is 0.484. The SMILES string of the molecule is Cc1cc(C2CCN(C(=O)C3CN(C(C)(C)C)CC3c3ccc(F)cc3F)CC2)n(-c2ccc(C)c(Cl)c2)n1. The molecule has 1 aromatic heterocycles. The van der Waals surface area contributed by atoms with Crippen molar-refractivity contribution in [2.45, 2.75) is 64.8 Å². The van der Waals surface area contributed by atoms with Gasteiger partial charge in [0, 0.05) is 60.3 Å². The molecule has 2 aromatic carbocycles. The summed E-state index contributed by atoms with van der Waals surface area (Å²) >= 11 is 6.41. The van der Waals surface area contributed by atoms with Gasteiger partial charge in [0.05, 0.1) is 17.3 Å². The lowest BCUT2D eigenvalue weighted by Gasteiger charge is -2.35. The first kappa shape index (κ1) is 27.8. The number of piperidine rings is 1. The van der Waals surface area contributed by atoms with Gasteiger partial charge in [-0.1, -0.05) is 23.7 Å². The molecule has 208 valence electrons. The van der Waals surface area contributed by atoms with Gasteiger partial charge in [-0.15, -0.1) is 0 Å². The van der Waals surface area contributed by atoms with Crippen LogP contribution in [0, 0.1) is 31.4 Å². The molecule has 1 amide bonds. The minimum atomic E-state index is -0.603. The Balaban J connectivity index is 1.34. The van der Waals surface area contributed by atoms with E-state index in [-0.39, 0.29) is 29.2 Å². The molecular weight excluding hydrogens is 518 g/mol. The summed E-state index contributed by atoms with van der Waals surface area (Å²) < 4.78 is 30.5. The highest BCUT2D eigenvalue weighted by atomic mass is 35.5. The second-order valence-electron chi connectivity index (χ2n) is 12.1. The van der Waals surface area contributed by atoms with Gasteiger partial charge >= 0.3 is 0 Å². The summed E-state index contributed by atoms with van der Waals surface area (Å²) in [5.74, 6) is -1.55. The van der Waals surface area contributed by atoms with Crippen molar-refractivity contribution in [2.24, 2.45) is 5.92 Å². The first-order valence-electron chi connectivity index (χ1n) is 13.7. The lowest BCUT2D eigenvalue weighted by Crippen LogP contribution is -2.44. The summed E-state index contributed by atoms with van der Waals surface area (Å²) in [6.07, 6.45) is 1.64. The number of aromatic nitrogens is 2. The van der Waals surface area contributed by atoms with Crippen LogP contribution >= 0.6 is 11.6 Å². The van der Waals surface area contributed by atoms with Crippen LogP contribution in [0.4, 0.5) is 8.78 Å². The fourth-order valence-corrected chi connectivity index (χ4v) is 6.25. The van der Waals surface area contributed by atoms with E-state index < -0.39 is 11.6 Å². The zero-order valence-corrected chi connectivity index (χ0v) is 24.1. The van der Waals surface area contributed by atoms with Gasteiger partial charge in [-0.05, 0) is 82.9 Å². The van der Waals surface area contributed by atoms with Crippen molar-refractivity contribution in [1.29, 1.82) is 0 Å². The normalized spacial score (nSPS) is 21.1. The number of aryl methyl sites for hydroxylation is 2. The standard InChI is InChI=1S/C31H37ClF2N4O/c1-19-6-8-23(16-27(19)32)38-29(14-20(2)35-38)21-10-12-36(13-11-21)30(39)26-18-37(31(3,4)5)17-25(26)24-9-7-22(33)15-28(24)34/h6-9,14-16,21,25-26H,10-13,17-18H2,1-5H3. The largest absolute Gasteiger partial charge is 0.342 e. The van der Waals surface area contributed by atoms with Crippen LogP contribution in [0.25, 0.3) is 5.69 Å². The van der Waals surface area contributed by atoms with Gasteiger partial charge in [-0.25, -0.2) is 13.5 Å². The lowest BCUT2D eigenvalue weighted by molar-refractivity contribution is -0.136. The molecule has 0 N–H and O–H groups in total. The van der Waals surface area contributed by atoms with Crippen molar-refractivity contribution in [3.63, 3.8) is 0 Å². The number of benzene rings is 2. The van der Waals surface area contributed by atoms with Crippen molar-refractivity contribution in [3.05, 3.63) is 81.6 Å². The first-order valence-corrected chi connectivity index (χ1v) is 14.1. The van der Waals surface area contributed by atoms with E-state index in [0.29, 0.717) is 36.8 Å². The Morgan fingerprint density at radius 3 is 2.36 bits per heavy atom. The van der Waals surface area contributed by atoms with Crippen LogP contribution in [0.5, 0.6) is 0 Å². The smallest absolute Gasteiger partial charge is 0.227 e. The molecule has 8 heteroatoms. The van der Waals surface area contributed by atoms with E-state index in [9.17, 15) is 13.6 Å². The highest BCUT2D eigenvalue weighted by Gasteiger charge is 2.44. The second-order valence-corrected chi connectivity index (χ2v) is 12.5. The number of nitrogens with zero attached hydrogens (tertiary/aromatic N) is 4. The molecule has 39 heavy (non-hydrogen) atoms. The maximum Gasteiger partial charge on any atom is 0.227 e. The van der Waals surface area contributed by atoms with Gasteiger partial charge in [-0.2, -0.15) is 5.10 Å². The van der Waals surface area contributed by atoms with E-state index in [1.165, 1.54) is 12.1 Å². The summed E-state index contributed by atoms with van der Waals surface area (Å²) in [4.78, 5) is 18.1. The third-order valence-electron chi connectivity index (χ3n) is 8.43. The third-order valence-corrected chi connectivity index (χ3v) is 8.84. The average molecular weight is 555 g/mol. The third kappa shape index (κ3) is 5.62. The summed E-state index contributed by atoms with van der Waals surface area (Å²) in [6.45, 7) is 12.7. The summed E-state index contributed by atoms with van der Waals surface area (Å²) in [5.41, 5.74) is 4.29. The minimum absolute atomic E-state index is 0.0592. The molecule has 0 radical (unpaired) electrons. The number of rotatable bonds is 4. The number of halogens is 3. The zero-order chi connectivity index (χ0) is 28.1. The number of hydrogen-bond donors (Lipinski definition) is 0. The van der Waals surface area contributed by atoms with Crippen molar-refractivity contribution in [2.75, 3.05) is 26.2 Å². The molecule has 3 aromatic rings. The Labute approximate surface area is 234 Å². The molecule has 3 heterocycles. The van der Waals surface area contributed by atoms with Gasteiger partial charge in [0.15, 0.2) is 0 Å². The lowest BCUT2D eigenvalue weighted by atomic mass is 9.86. The first-order chi connectivity index (χ1) is 18.4. The van der Waals surface area contributed by atoms with Crippen molar-refractivity contribution in [1.82, 2.24) is 19.6 Å². The van der Waals surface area contributed by atoms with E-state index >= 15 is 0 Å². The number of carbonyl (C=O) groups is 1. The molecule has 2 unspecified atom stereocenters. The van der Waals surface area contributed by atoms with Gasteiger partial charge in [0.25, 0.3) is 0 Å². The molecule has 5 nitrogen and oxygen atoms in total. The molecule has 2 aliphatic heterocycles. The van der Waals surface area contributed by atoms with Gasteiger partial charge in [-0.3, -0.25) is 9.69 Å².